The van der Waals surface area contributed by atoms with Crippen molar-refractivity contribution in [3.8, 4) is 0 Å². The molecule has 0 spiro atoms. The van der Waals surface area contributed by atoms with Crippen molar-refractivity contribution in [3.63, 3.8) is 0 Å². The molecule has 1 unspecified atom stereocenters. The summed E-state index contributed by atoms with van der Waals surface area (Å²) in [5.74, 6) is 1.02. The minimum atomic E-state index is 0.600. The van der Waals surface area contributed by atoms with Crippen LogP contribution in [0.25, 0.3) is 0 Å². The summed E-state index contributed by atoms with van der Waals surface area (Å²) in [5.41, 5.74) is 0.600. The Labute approximate surface area is 89.7 Å². The molecule has 84 valence electrons. The summed E-state index contributed by atoms with van der Waals surface area (Å²) in [6.45, 7) is 5.98. The maximum Gasteiger partial charge on any atom is 0.000481 e. The summed E-state index contributed by atoms with van der Waals surface area (Å²) in [5, 5.41) is 3.37. The molecular formula is C13H27N. The summed E-state index contributed by atoms with van der Waals surface area (Å²) in [6, 6.07) is 0. The third-order valence-corrected chi connectivity index (χ3v) is 3.75. The van der Waals surface area contributed by atoms with Gasteiger partial charge in [0.05, 0.1) is 0 Å². The van der Waals surface area contributed by atoms with Crippen LogP contribution in [0.2, 0.25) is 0 Å². The number of hydrogen-bond acceptors (Lipinski definition) is 1. The summed E-state index contributed by atoms with van der Waals surface area (Å²) in [7, 11) is 2.09. The second-order valence-corrected chi connectivity index (χ2v) is 5.27. The smallest absolute Gasteiger partial charge is 0.000481 e. The predicted octanol–water partition coefficient (Wildman–Crippen LogP) is 3.59. The van der Waals surface area contributed by atoms with Crippen LogP contribution in [0, 0.1) is 11.3 Å². The molecular weight excluding hydrogens is 170 g/mol. The van der Waals surface area contributed by atoms with Crippen molar-refractivity contribution in [2.24, 2.45) is 11.3 Å². The number of nitrogens with one attached hydrogen (secondary N) is 1. The Morgan fingerprint density at radius 2 is 1.93 bits per heavy atom. The summed E-state index contributed by atoms with van der Waals surface area (Å²) in [4.78, 5) is 0. The highest BCUT2D eigenvalue weighted by Gasteiger charge is 2.40. The van der Waals surface area contributed by atoms with E-state index in [1.807, 2.05) is 0 Å². The second-order valence-electron chi connectivity index (χ2n) is 5.27. The Morgan fingerprint density at radius 3 is 2.43 bits per heavy atom. The average molecular weight is 197 g/mol. The van der Waals surface area contributed by atoms with Gasteiger partial charge in [-0.25, -0.2) is 0 Å². The van der Waals surface area contributed by atoms with Crippen molar-refractivity contribution in [2.45, 2.75) is 58.8 Å². The first kappa shape index (κ1) is 12.0. The van der Waals surface area contributed by atoms with E-state index in [0.717, 1.165) is 5.92 Å². The highest BCUT2D eigenvalue weighted by molar-refractivity contribution is 4.92. The molecule has 1 atom stereocenters. The molecule has 1 aliphatic rings. The molecule has 0 bridgehead atoms. The van der Waals surface area contributed by atoms with Gasteiger partial charge in [0.1, 0.15) is 0 Å². The zero-order chi connectivity index (χ0) is 10.4. The third-order valence-electron chi connectivity index (χ3n) is 3.75. The van der Waals surface area contributed by atoms with Gasteiger partial charge in [-0.2, -0.15) is 0 Å². The van der Waals surface area contributed by atoms with Crippen LogP contribution in [0.15, 0.2) is 0 Å². The van der Waals surface area contributed by atoms with Crippen LogP contribution in [-0.2, 0) is 0 Å². The highest BCUT2D eigenvalue weighted by atomic mass is 14.8. The molecule has 1 fully saturated rings. The van der Waals surface area contributed by atoms with Gasteiger partial charge in [-0.3, -0.25) is 0 Å². The van der Waals surface area contributed by atoms with Crippen LogP contribution in [0.5, 0.6) is 0 Å². The van der Waals surface area contributed by atoms with Gasteiger partial charge in [0.15, 0.2) is 0 Å². The topological polar surface area (TPSA) is 12.0 Å². The van der Waals surface area contributed by atoms with Gasteiger partial charge in [0.25, 0.3) is 0 Å². The maximum absolute atomic E-state index is 3.37. The van der Waals surface area contributed by atoms with Gasteiger partial charge < -0.3 is 5.32 Å². The fraction of sp³-hybridized carbons (Fsp3) is 1.00. The van der Waals surface area contributed by atoms with Crippen LogP contribution in [0.4, 0.5) is 0 Å². The maximum atomic E-state index is 3.37. The lowest BCUT2D eigenvalue weighted by Gasteiger charge is -2.29. The van der Waals surface area contributed by atoms with Gasteiger partial charge in [0.2, 0.25) is 0 Å². The van der Waals surface area contributed by atoms with E-state index in [4.69, 9.17) is 0 Å². The molecule has 0 amide bonds. The van der Waals surface area contributed by atoms with E-state index in [2.05, 4.69) is 26.2 Å². The van der Waals surface area contributed by atoms with Crippen molar-refractivity contribution >= 4 is 0 Å². The van der Waals surface area contributed by atoms with Gasteiger partial charge in [0, 0.05) is 6.54 Å². The van der Waals surface area contributed by atoms with Crippen LogP contribution in [0.3, 0.4) is 0 Å². The van der Waals surface area contributed by atoms with E-state index >= 15 is 0 Å². The first-order valence-electron chi connectivity index (χ1n) is 6.37. The predicted molar refractivity (Wildman–Crippen MR) is 63.5 cm³/mol. The third kappa shape index (κ3) is 3.61. The lowest BCUT2D eigenvalue weighted by Crippen LogP contribution is -2.31. The molecule has 1 aliphatic carbocycles. The van der Waals surface area contributed by atoms with Crippen LogP contribution >= 0.6 is 0 Å². The molecule has 0 aromatic heterocycles. The van der Waals surface area contributed by atoms with Gasteiger partial charge in [-0.1, -0.05) is 39.5 Å². The Kier molecular flexibility index (Phi) is 4.94. The van der Waals surface area contributed by atoms with Crippen LogP contribution < -0.4 is 5.32 Å². The zero-order valence-corrected chi connectivity index (χ0v) is 10.2. The van der Waals surface area contributed by atoms with Gasteiger partial charge in [-0.15, -0.1) is 0 Å². The van der Waals surface area contributed by atoms with Gasteiger partial charge >= 0.3 is 0 Å². The van der Waals surface area contributed by atoms with Crippen molar-refractivity contribution in [3.05, 3.63) is 0 Å². The van der Waals surface area contributed by atoms with E-state index in [9.17, 15) is 0 Å². The lowest BCUT2D eigenvalue weighted by molar-refractivity contribution is 0.234. The SMILES string of the molecule is CCCCCCC(C)(CNC)C1CC1. The first-order chi connectivity index (χ1) is 6.73. The molecule has 1 heteroatoms. The summed E-state index contributed by atoms with van der Waals surface area (Å²) < 4.78 is 0. The van der Waals surface area contributed by atoms with Crippen LogP contribution in [0.1, 0.15) is 58.8 Å². The van der Waals surface area contributed by atoms with E-state index in [-0.39, 0.29) is 0 Å². The molecule has 1 nitrogen and oxygen atoms in total. The molecule has 0 aliphatic heterocycles. The number of unbranched alkanes of at least 4 members (excludes halogenated alkanes) is 3. The summed E-state index contributed by atoms with van der Waals surface area (Å²) >= 11 is 0. The molecule has 1 rings (SSSR count). The highest BCUT2D eigenvalue weighted by Crippen LogP contribution is 2.48. The number of hydrogen-bond donors (Lipinski definition) is 1. The molecule has 0 saturated heterocycles. The normalized spacial score (nSPS) is 20.8. The molecule has 0 aromatic carbocycles. The fourth-order valence-electron chi connectivity index (χ4n) is 2.58. The molecule has 0 aromatic rings. The van der Waals surface area contributed by atoms with Crippen LogP contribution in [-0.4, -0.2) is 13.6 Å². The minimum Gasteiger partial charge on any atom is -0.319 e. The lowest BCUT2D eigenvalue weighted by atomic mass is 9.79. The first-order valence-corrected chi connectivity index (χ1v) is 6.37. The Balaban J connectivity index is 2.21. The second kappa shape index (κ2) is 5.75. The largest absolute Gasteiger partial charge is 0.319 e. The molecule has 1 saturated carbocycles. The average Bonchev–Trinajstić information content (AvgIpc) is 2.96. The zero-order valence-electron chi connectivity index (χ0n) is 10.2. The molecule has 1 N–H and O–H groups in total. The fourth-order valence-corrected chi connectivity index (χ4v) is 2.58. The van der Waals surface area contributed by atoms with Gasteiger partial charge in [-0.05, 0) is 37.6 Å². The standard InChI is InChI=1S/C13H27N/c1-4-5-6-7-10-13(2,11-14-3)12-8-9-12/h12,14H,4-11H2,1-3H3. The summed E-state index contributed by atoms with van der Waals surface area (Å²) in [6.07, 6.45) is 10.0. The number of rotatable bonds is 8. The minimum absolute atomic E-state index is 0.600. The van der Waals surface area contributed by atoms with E-state index < -0.39 is 0 Å². The molecule has 0 radical (unpaired) electrons. The van der Waals surface area contributed by atoms with Crippen molar-refractivity contribution in [1.82, 2.24) is 5.32 Å². The van der Waals surface area contributed by atoms with Crippen molar-refractivity contribution in [1.29, 1.82) is 0 Å². The molecule has 14 heavy (non-hydrogen) atoms. The van der Waals surface area contributed by atoms with Crippen molar-refractivity contribution < 1.29 is 0 Å². The Morgan fingerprint density at radius 1 is 1.21 bits per heavy atom. The Hall–Kier alpha value is -0.0400. The van der Waals surface area contributed by atoms with E-state index in [1.165, 1.54) is 51.5 Å². The quantitative estimate of drug-likeness (QED) is 0.586. The van der Waals surface area contributed by atoms with Crippen molar-refractivity contribution in [2.75, 3.05) is 13.6 Å². The van der Waals surface area contributed by atoms with E-state index in [1.54, 1.807) is 0 Å². The Bertz CT molecular complexity index is 151. The molecule has 0 heterocycles. The van der Waals surface area contributed by atoms with E-state index in [0.29, 0.717) is 5.41 Å². The monoisotopic (exact) mass is 197 g/mol.